The van der Waals surface area contributed by atoms with Gasteiger partial charge in [-0.1, -0.05) is 153 Å². The minimum absolute atomic E-state index is 0. The smallest absolute Gasteiger partial charge is 0.305 e. The number of aryl methyl sites for hydroxylation is 2. The van der Waals surface area contributed by atoms with E-state index in [0.29, 0.717) is 17.5 Å². The summed E-state index contributed by atoms with van der Waals surface area (Å²) in [6.07, 6.45) is 12.3. The molecule has 340 valence electrons. The molecule has 0 saturated heterocycles. The van der Waals surface area contributed by atoms with Gasteiger partial charge in [-0.25, -0.2) is 15.0 Å². The van der Waals surface area contributed by atoms with Gasteiger partial charge in [0, 0.05) is 35.3 Å². The van der Waals surface area contributed by atoms with Crippen LogP contribution in [-0.2, 0) is 32.9 Å². The SMILES string of the molecule is CCCCc1ccc(-c2nc(-c3ccc(CCCC)cc3)nc(-c3ccc(-c4[c-]cc(-c5ccccc5)cc4)nc3)n2)cc1.[Ir+3].[c-]1ccccc1-c1ccccn1.[c-]1ccccc1-c1ccccn1. The van der Waals surface area contributed by atoms with E-state index in [0.717, 1.165) is 68.9 Å². The molecule has 0 aliphatic rings. The molecule has 4 aromatic heterocycles. The molecule has 0 bridgehead atoms. The Morgan fingerprint density at radius 2 is 0.812 bits per heavy atom. The van der Waals surface area contributed by atoms with Crippen molar-refractivity contribution >= 4 is 0 Å². The summed E-state index contributed by atoms with van der Waals surface area (Å²) >= 11 is 0. The average molecular weight is 1070 g/mol. The summed E-state index contributed by atoms with van der Waals surface area (Å²) in [7, 11) is 0. The Bertz CT molecular complexity index is 2790. The van der Waals surface area contributed by atoms with Crippen molar-refractivity contribution < 1.29 is 20.1 Å². The van der Waals surface area contributed by atoms with E-state index in [9.17, 15) is 0 Å². The van der Waals surface area contributed by atoms with Crippen LogP contribution in [0.25, 0.3) is 79.1 Å². The summed E-state index contributed by atoms with van der Waals surface area (Å²) in [5.41, 5.74) is 13.6. The topological polar surface area (TPSA) is 77.3 Å². The van der Waals surface area contributed by atoms with Crippen LogP contribution in [-0.4, -0.2) is 29.9 Å². The molecule has 69 heavy (non-hydrogen) atoms. The van der Waals surface area contributed by atoms with Crippen LogP contribution in [0.15, 0.2) is 213 Å². The number of pyridine rings is 3. The molecule has 0 amide bonds. The van der Waals surface area contributed by atoms with Crippen molar-refractivity contribution in [3.63, 3.8) is 0 Å². The van der Waals surface area contributed by atoms with Gasteiger partial charge in [-0.3, -0.25) is 0 Å². The number of unbranched alkanes of at least 4 members (excludes halogenated alkanes) is 2. The van der Waals surface area contributed by atoms with Gasteiger partial charge in [-0.2, -0.15) is 0 Å². The third kappa shape index (κ3) is 14.2. The first-order valence-electron chi connectivity index (χ1n) is 23.4. The Morgan fingerprint density at radius 1 is 0.362 bits per heavy atom. The molecule has 0 fully saturated rings. The molecule has 7 heteroatoms. The summed E-state index contributed by atoms with van der Waals surface area (Å²) in [4.78, 5) is 28.0. The summed E-state index contributed by atoms with van der Waals surface area (Å²) < 4.78 is 0. The number of nitrogens with zero attached hydrogens (tertiary/aromatic N) is 6. The van der Waals surface area contributed by atoms with Crippen molar-refractivity contribution in [2.45, 2.75) is 52.4 Å². The fraction of sp³-hybridized carbons (Fsp3) is 0.129. The van der Waals surface area contributed by atoms with Gasteiger partial charge in [0.2, 0.25) is 0 Å². The fourth-order valence-corrected chi connectivity index (χ4v) is 7.40. The zero-order valence-corrected chi connectivity index (χ0v) is 41.4. The van der Waals surface area contributed by atoms with E-state index in [1.165, 1.54) is 42.4 Å². The number of rotatable bonds is 13. The van der Waals surface area contributed by atoms with Gasteiger partial charge in [0.25, 0.3) is 0 Å². The van der Waals surface area contributed by atoms with Gasteiger partial charge in [-0.15, -0.1) is 102 Å². The van der Waals surface area contributed by atoms with Gasteiger partial charge < -0.3 is 15.0 Å². The van der Waals surface area contributed by atoms with Crippen LogP contribution in [0.3, 0.4) is 0 Å². The van der Waals surface area contributed by atoms with Gasteiger partial charge >= 0.3 is 20.1 Å². The third-order valence-electron chi connectivity index (χ3n) is 11.2. The summed E-state index contributed by atoms with van der Waals surface area (Å²) in [6.45, 7) is 4.44. The van der Waals surface area contributed by atoms with E-state index in [-0.39, 0.29) is 20.1 Å². The van der Waals surface area contributed by atoms with Crippen LogP contribution in [0.1, 0.15) is 50.7 Å². The Morgan fingerprint density at radius 3 is 1.23 bits per heavy atom. The van der Waals surface area contributed by atoms with Crippen LogP contribution in [0.4, 0.5) is 0 Å². The number of aromatic nitrogens is 6. The van der Waals surface area contributed by atoms with Crippen molar-refractivity contribution in [3.8, 4) is 79.1 Å². The second-order valence-corrected chi connectivity index (χ2v) is 16.2. The summed E-state index contributed by atoms with van der Waals surface area (Å²) in [5.74, 6) is 1.93. The molecule has 0 N–H and O–H groups in total. The molecule has 10 rings (SSSR count). The molecule has 6 aromatic carbocycles. The summed E-state index contributed by atoms with van der Waals surface area (Å²) in [6, 6.07) is 74.9. The zero-order chi connectivity index (χ0) is 46.6. The van der Waals surface area contributed by atoms with Crippen molar-refractivity contribution in [1.82, 2.24) is 29.9 Å². The van der Waals surface area contributed by atoms with E-state index < -0.39 is 0 Å². The monoisotopic (exact) mass is 1070 g/mol. The van der Waals surface area contributed by atoms with E-state index in [1.807, 2.05) is 128 Å². The Labute approximate surface area is 421 Å². The standard InChI is InChI=1S/C40H37N4.2C11H8N.Ir/c1-3-5-10-29-14-18-34(19-15-29)38-42-39(35-20-16-30(17-21-35)11-6-4-2)44-40(43-38)36-26-27-37(41-28-36)33-24-22-32(23-25-33)31-12-8-7-9-13-31;2*1-2-6-10(7-3-1)11-8-4-5-9-12-11;/h7-9,12-24,26-28H,3-6,10-11H2,1-2H3;2*1-6,8-9H;/q3*-1;+3. The quantitative estimate of drug-likeness (QED) is 0.107. The first-order chi connectivity index (χ1) is 33.6. The summed E-state index contributed by atoms with van der Waals surface area (Å²) in [5, 5.41) is 0. The van der Waals surface area contributed by atoms with Crippen LogP contribution in [0.2, 0.25) is 0 Å². The maximum Gasteiger partial charge on any atom is 3.00 e. The molecule has 10 aromatic rings. The van der Waals surface area contributed by atoms with Crippen LogP contribution >= 0.6 is 0 Å². The third-order valence-corrected chi connectivity index (χ3v) is 11.2. The molecule has 0 atom stereocenters. The molecule has 0 unspecified atom stereocenters. The molecule has 4 heterocycles. The van der Waals surface area contributed by atoms with Crippen molar-refractivity contribution in [1.29, 1.82) is 0 Å². The minimum Gasteiger partial charge on any atom is -0.305 e. The van der Waals surface area contributed by atoms with E-state index in [4.69, 9.17) is 19.9 Å². The van der Waals surface area contributed by atoms with Crippen molar-refractivity contribution in [2.75, 3.05) is 0 Å². The maximum atomic E-state index is 4.93. The molecule has 0 aliphatic carbocycles. The first-order valence-corrected chi connectivity index (χ1v) is 23.4. The minimum atomic E-state index is 0. The van der Waals surface area contributed by atoms with Gasteiger partial charge in [0.05, 0.1) is 0 Å². The molecule has 0 radical (unpaired) electrons. The number of benzene rings is 6. The Kier molecular flexibility index (Phi) is 18.7. The Hall–Kier alpha value is -7.57. The van der Waals surface area contributed by atoms with Crippen LogP contribution < -0.4 is 0 Å². The van der Waals surface area contributed by atoms with E-state index >= 15 is 0 Å². The molecule has 0 spiro atoms. The fourth-order valence-electron chi connectivity index (χ4n) is 7.40. The van der Waals surface area contributed by atoms with E-state index in [2.05, 4.69) is 115 Å². The number of hydrogen-bond acceptors (Lipinski definition) is 6. The molecule has 6 nitrogen and oxygen atoms in total. The second-order valence-electron chi connectivity index (χ2n) is 16.2. The zero-order valence-electron chi connectivity index (χ0n) is 39.0. The van der Waals surface area contributed by atoms with E-state index in [1.54, 1.807) is 12.4 Å². The molecule has 0 saturated carbocycles. The Balaban J connectivity index is 0.000000227. The molecular weight excluding hydrogens is 1020 g/mol. The predicted octanol–water partition coefficient (Wildman–Crippen LogP) is 15.2. The van der Waals surface area contributed by atoms with Crippen molar-refractivity contribution in [2.24, 2.45) is 0 Å². The van der Waals surface area contributed by atoms with Crippen LogP contribution in [0.5, 0.6) is 0 Å². The largest absolute Gasteiger partial charge is 3.00 e. The first kappa shape index (κ1) is 49.3. The number of hydrogen-bond donors (Lipinski definition) is 0. The molecular formula is C62H53IrN6. The maximum absolute atomic E-state index is 4.93. The van der Waals surface area contributed by atoms with Gasteiger partial charge in [0.1, 0.15) is 0 Å². The van der Waals surface area contributed by atoms with Crippen molar-refractivity contribution in [3.05, 3.63) is 242 Å². The second kappa shape index (κ2) is 26.1. The average Bonchev–Trinajstić information content (AvgIpc) is 3.44. The normalized spacial score (nSPS) is 10.4. The predicted molar refractivity (Wildman–Crippen MR) is 278 cm³/mol. The van der Waals surface area contributed by atoms with Gasteiger partial charge in [-0.05, 0) is 66.0 Å². The molecule has 0 aliphatic heterocycles. The van der Waals surface area contributed by atoms with Crippen LogP contribution in [0, 0.1) is 18.2 Å². The van der Waals surface area contributed by atoms with Gasteiger partial charge in [0.15, 0.2) is 17.5 Å².